The minimum absolute atomic E-state index is 0.202. The van der Waals surface area contributed by atoms with Gasteiger partial charge in [-0.1, -0.05) is 0 Å². The van der Waals surface area contributed by atoms with E-state index in [0.29, 0.717) is 5.92 Å². The van der Waals surface area contributed by atoms with Crippen LogP contribution in [0.1, 0.15) is 46.5 Å². The second kappa shape index (κ2) is 8.05. The van der Waals surface area contributed by atoms with Crippen molar-refractivity contribution in [2.45, 2.75) is 58.1 Å². The summed E-state index contributed by atoms with van der Waals surface area (Å²) in [6.45, 7) is 10.2. The van der Waals surface area contributed by atoms with Gasteiger partial charge in [0.05, 0.1) is 0 Å². The fourth-order valence-electron chi connectivity index (χ4n) is 3.44. The van der Waals surface area contributed by atoms with Crippen molar-refractivity contribution in [1.29, 1.82) is 0 Å². The van der Waals surface area contributed by atoms with Gasteiger partial charge in [0.1, 0.15) is 5.60 Å². The minimum Gasteiger partial charge on any atom is -0.444 e. The molecule has 0 aromatic heterocycles. The maximum absolute atomic E-state index is 11.8. The second-order valence-electron chi connectivity index (χ2n) is 7.99. The van der Waals surface area contributed by atoms with E-state index in [4.69, 9.17) is 10.5 Å². The molecule has 24 heavy (non-hydrogen) atoms. The molecular formula is C17H32N4O3. The summed E-state index contributed by atoms with van der Waals surface area (Å²) in [5.41, 5.74) is 4.87. The van der Waals surface area contributed by atoms with Crippen LogP contribution in [0.4, 0.5) is 9.59 Å². The summed E-state index contributed by atoms with van der Waals surface area (Å²) in [6, 6.07) is -0.102. The zero-order chi connectivity index (χ0) is 17.7. The van der Waals surface area contributed by atoms with Crippen molar-refractivity contribution in [3.8, 4) is 0 Å². The van der Waals surface area contributed by atoms with E-state index in [-0.39, 0.29) is 18.2 Å². The standard InChI is InChI=1S/C17H32N4O3/c1-17(2,3)24-16(23)19-14-6-8-20(9-7-14)12-13-4-10-21(11-5-13)15(18)22/h13-14H,4-12H2,1-3H3,(H2,18,22)(H,19,23). The van der Waals surface area contributed by atoms with E-state index in [2.05, 4.69) is 10.2 Å². The summed E-state index contributed by atoms with van der Waals surface area (Å²) in [5.74, 6) is 0.635. The van der Waals surface area contributed by atoms with Crippen LogP contribution >= 0.6 is 0 Å². The van der Waals surface area contributed by atoms with Gasteiger partial charge in [0.2, 0.25) is 0 Å². The summed E-state index contributed by atoms with van der Waals surface area (Å²) < 4.78 is 5.31. The topological polar surface area (TPSA) is 87.9 Å². The highest BCUT2D eigenvalue weighted by Crippen LogP contribution is 2.20. The highest BCUT2D eigenvalue weighted by Gasteiger charge is 2.27. The average Bonchev–Trinajstić information content (AvgIpc) is 2.48. The molecule has 2 saturated heterocycles. The highest BCUT2D eigenvalue weighted by molar-refractivity contribution is 5.72. The van der Waals surface area contributed by atoms with Crippen LogP contribution in [0.25, 0.3) is 0 Å². The van der Waals surface area contributed by atoms with E-state index in [1.165, 1.54) is 0 Å². The highest BCUT2D eigenvalue weighted by atomic mass is 16.6. The van der Waals surface area contributed by atoms with Crippen molar-refractivity contribution in [3.63, 3.8) is 0 Å². The van der Waals surface area contributed by atoms with Crippen molar-refractivity contribution in [3.05, 3.63) is 0 Å². The van der Waals surface area contributed by atoms with Crippen LogP contribution < -0.4 is 11.1 Å². The largest absolute Gasteiger partial charge is 0.444 e. The molecule has 0 atom stereocenters. The Morgan fingerprint density at radius 2 is 1.67 bits per heavy atom. The van der Waals surface area contributed by atoms with Crippen molar-refractivity contribution in [1.82, 2.24) is 15.1 Å². The van der Waals surface area contributed by atoms with Crippen molar-refractivity contribution >= 4 is 12.1 Å². The SMILES string of the molecule is CC(C)(C)OC(=O)NC1CCN(CC2CCN(C(N)=O)CC2)CC1. The van der Waals surface area contributed by atoms with Gasteiger partial charge in [0.25, 0.3) is 0 Å². The van der Waals surface area contributed by atoms with Crippen LogP contribution in [0, 0.1) is 5.92 Å². The number of rotatable bonds is 3. The molecule has 0 aliphatic carbocycles. The average molecular weight is 340 g/mol. The summed E-state index contributed by atoms with van der Waals surface area (Å²) in [7, 11) is 0. The lowest BCUT2D eigenvalue weighted by Crippen LogP contribution is -2.48. The van der Waals surface area contributed by atoms with E-state index in [1.807, 2.05) is 20.8 Å². The lowest BCUT2D eigenvalue weighted by molar-refractivity contribution is 0.0472. The zero-order valence-corrected chi connectivity index (χ0v) is 15.2. The molecule has 2 heterocycles. The summed E-state index contributed by atoms with van der Waals surface area (Å²) in [4.78, 5) is 27.2. The number of alkyl carbamates (subject to hydrolysis) is 1. The number of hydrogen-bond donors (Lipinski definition) is 2. The molecule has 0 radical (unpaired) electrons. The molecule has 0 spiro atoms. The number of nitrogens with one attached hydrogen (secondary N) is 1. The molecule has 2 aliphatic heterocycles. The van der Waals surface area contributed by atoms with E-state index in [1.54, 1.807) is 4.90 Å². The molecule has 3 N–H and O–H groups in total. The van der Waals surface area contributed by atoms with E-state index in [9.17, 15) is 9.59 Å². The zero-order valence-electron chi connectivity index (χ0n) is 15.2. The molecule has 2 fully saturated rings. The third-order valence-corrected chi connectivity index (χ3v) is 4.75. The Hall–Kier alpha value is -1.50. The van der Waals surface area contributed by atoms with Gasteiger partial charge in [-0.15, -0.1) is 0 Å². The van der Waals surface area contributed by atoms with Gasteiger partial charge in [0.15, 0.2) is 0 Å². The molecule has 0 aromatic carbocycles. The van der Waals surface area contributed by atoms with Gasteiger partial charge >= 0.3 is 12.1 Å². The molecule has 7 heteroatoms. The van der Waals surface area contributed by atoms with Crippen molar-refractivity contribution < 1.29 is 14.3 Å². The van der Waals surface area contributed by atoms with Gasteiger partial charge in [-0.2, -0.15) is 0 Å². The molecule has 2 aliphatic rings. The van der Waals surface area contributed by atoms with Gasteiger partial charge in [-0.3, -0.25) is 0 Å². The second-order valence-corrected chi connectivity index (χ2v) is 7.99. The van der Waals surface area contributed by atoms with Crippen LogP contribution in [-0.2, 0) is 4.74 Å². The Morgan fingerprint density at radius 3 is 2.17 bits per heavy atom. The van der Waals surface area contributed by atoms with Crippen LogP contribution in [0.3, 0.4) is 0 Å². The number of urea groups is 1. The number of nitrogens with two attached hydrogens (primary N) is 1. The Balaban J connectivity index is 1.65. The number of ether oxygens (including phenoxy) is 1. The predicted molar refractivity (Wildman–Crippen MR) is 92.7 cm³/mol. The molecule has 0 bridgehead atoms. The van der Waals surface area contributed by atoms with E-state index in [0.717, 1.165) is 58.4 Å². The van der Waals surface area contributed by atoms with Crippen LogP contribution in [0.5, 0.6) is 0 Å². The van der Waals surface area contributed by atoms with Gasteiger partial charge in [-0.05, 0) is 52.4 Å². The Labute approximate surface area is 144 Å². The van der Waals surface area contributed by atoms with E-state index < -0.39 is 5.60 Å². The number of primary amides is 1. The quantitative estimate of drug-likeness (QED) is 0.819. The summed E-state index contributed by atoms with van der Waals surface area (Å²) >= 11 is 0. The van der Waals surface area contributed by atoms with Crippen LogP contribution in [0.15, 0.2) is 0 Å². The van der Waals surface area contributed by atoms with Crippen LogP contribution in [0.2, 0.25) is 0 Å². The minimum atomic E-state index is -0.454. The van der Waals surface area contributed by atoms with Gasteiger partial charge in [0, 0.05) is 38.8 Å². The van der Waals surface area contributed by atoms with Crippen molar-refractivity contribution in [2.75, 3.05) is 32.7 Å². The number of nitrogens with zero attached hydrogens (tertiary/aromatic N) is 2. The number of carbonyl (C=O) groups is 2. The van der Waals surface area contributed by atoms with Crippen LogP contribution in [-0.4, -0.2) is 66.3 Å². The molecule has 7 nitrogen and oxygen atoms in total. The number of amides is 3. The van der Waals surface area contributed by atoms with Gasteiger partial charge in [-0.25, -0.2) is 9.59 Å². The molecule has 0 saturated carbocycles. The van der Waals surface area contributed by atoms with Gasteiger partial charge < -0.3 is 25.6 Å². The first-order valence-electron chi connectivity index (χ1n) is 8.99. The first-order valence-corrected chi connectivity index (χ1v) is 8.99. The molecule has 3 amide bonds. The summed E-state index contributed by atoms with van der Waals surface area (Å²) in [5, 5.41) is 2.97. The monoisotopic (exact) mass is 340 g/mol. The number of hydrogen-bond acceptors (Lipinski definition) is 4. The number of likely N-dealkylation sites (tertiary alicyclic amines) is 2. The predicted octanol–water partition coefficient (Wildman–Crippen LogP) is 1.77. The first kappa shape index (κ1) is 18.8. The molecule has 138 valence electrons. The molecule has 0 aromatic rings. The summed E-state index contributed by atoms with van der Waals surface area (Å²) in [6.07, 6.45) is 3.65. The third kappa shape index (κ3) is 6.19. The lowest BCUT2D eigenvalue weighted by Gasteiger charge is -2.37. The smallest absolute Gasteiger partial charge is 0.407 e. The lowest BCUT2D eigenvalue weighted by atomic mass is 9.95. The molecule has 0 unspecified atom stereocenters. The maximum Gasteiger partial charge on any atom is 0.407 e. The fraction of sp³-hybridized carbons (Fsp3) is 0.882. The van der Waals surface area contributed by atoms with Crippen molar-refractivity contribution in [2.24, 2.45) is 11.7 Å². The van der Waals surface area contributed by atoms with E-state index >= 15 is 0 Å². The third-order valence-electron chi connectivity index (χ3n) is 4.75. The first-order chi connectivity index (χ1) is 11.2. The molecule has 2 rings (SSSR count). The fourth-order valence-corrected chi connectivity index (χ4v) is 3.44. The number of carbonyl (C=O) groups excluding carboxylic acids is 2. The maximum atomic E-state index is 11.8. The Morgan fingerprint density at radius 1 is 1.08 bits per heavy atom. The molecular weight excluding hydrogens is 308 g/mol. The normalized spacial score (nSPS) is 21.5. The number of piperidine rings is 2. The Bertz CT molecular complexity index is 434. The Kier molecular flexibility index (Phi) is 6.32.